The van der Waals surface area contributed by atoms with Crippen LogP contribution >= 0.6 is 0 Å². The summed E-state index contributed by atoms with van der Waals surface area (Å²) < 4.78 is 5.21. The van der Waals surface area contributed by atoms with Crippen LogP contribution in [0.2, 0.25) is 0 Å². The van der Waals surface area contributed by atoms with E-state index in [0.717, 1.165) is 5.56 Å². The molecule has 0 spiro atoms. The van der Waals surface area contributed by atoms with Crippen molar-refractivity contribution in [2.45, 2.75) is 26.7 Å². The van der Waals surface area contributed by atoms with Crippen molar-refractivity contribution < 1.29 is 14.1 Å². The zero-order valence-electron chi connectivity index (χ0n) is 15.8. The van der Waals surface area contributed by atoms with E-state index in [1.54, 1.807) is 24.3 Å². The fraction of sp³-hybridized carbons (Fsp3) is 0.238. The first-order chi connectivity index (χ1) is 13.5. The van der Waals surface area contributed by atoms with E-state index in [1.807, 2.05) is 44.2 Å². The van der Waals surface area contributed by atoms with Gasteiger partial charge in [0.1, 0.15) is 0 Å². The number of rotatable bonds is 7. The molecule has 0 atom stereocenters. The van der Waals surface area contributed by atoms with Gasteiger partial charge in [-0.3, -0.25) is 9.59 Å². The largest absolute Gasteiger partial charge is 0.339 e. The Morgan fingerprint density at radius 3 is 2.25 bits per heavy atom. The third-order valence-electron chi connectivity index (χ3n) is 4.03. The molecule has 7 nitrogen and oxygen atoms in total. The normalized spacial score (nSPS) is 10.7. The van der Waals surface area contributed by atoms with Crippen molar-refractivity contribution in [2.24, 2.45) is 5.92 Å². The monoisotopic (exact) mass is 378 g/mol. The van der Waals surface area contributed by atoms with Crippen LogP contribution in [0.25, 0.3) is 11.4 Å². The van der Waals surface area contributed by atoms with Crippen molar-refractivity contribution in [3.8, 4) is 11.4 Å². The third-order valence-corrected chi connectivity index (χ3v) is 4.03. The molecule has 0 bridgehead atoms. The molecule has 3 aromatic rings. The van der Waals surface area contributed by atoms with Crippen molar-refractivity contribution in [3.63, 3.8) is 0 Å². The number of amides is 2. The molecule has 0 aliphatic rings. The van der Waals surface area contributed by atoms with Gasteiger partial charge in [0, 0.05) is 35.7 Å². The summed E-state index contributed by atoms with van der Waals surface area (Å²) in [5.41, 5.74) is 2.21. The molecule has 0 aliphatic carbocycles. The molecule has 0 fully saturated rings. The lowest BCUT2D eigenvalue weighted by Gasteiger charge is -2.09. The van der Waals surface area contributed by atoms with Crippen LogP contribution in [-0.4, -0.2) is 22.0 Å². The van der Waals surface area contributed by atoms with Crippen LogP contribution in [-0.2, 0) is 16.0 Å². The van der Waals surface area contributed by atoms with E-state index in [2.05, 4.69) is 20.8 Å². The molecule has 1 aromatic heterocycles. The predicted octanol–water partition coefficient (Wildman–Crippen LogP) is 3.90. The molecule has 3 rings (SSSR count). The molecule has 0 unspecified atom stereocenters. The number of benzene rings is 2. The zero-order chi connectivity index (χ0) is 19.9. The van der Waals surface area contributed by atoms with E-state index in [9.17, 15) is 9.59 Å². The van der Waals surface area contributed by atoms with Crippen molar-refractivity contribution in [1.29, 1.82) is 0 Å². The lowest BCUT2D eigenvalue weighted by atomic mass is 10.2. The van der Waals surface area contributed by atoms with Gasteiger partial charge in [-0.15, -0.1) is 0 Å². The molecular weight excluding hydrogens is 356 g/mol. The molecule has 0 radical (unpaired) electrons. The minimum absolute atomic E-state index is 0.0498. The number of carbonyl (C=O) groups is 2. The van der Waals surface area contributed by atoms with Gasteiger partial charge >= 0.3 is 0 Å². The summed E-state index contributed by atoms with van der Waals surface area (Å²) in [5.74, 6) is 0.631. The van der Waals surface area contributed by atoms with Gasteiger partial charge < -0.3 is 15.2 Å². The van der Waals surface area contributed by atoms with Crippen LogP contribution < -0.4 is 10.6 Å². The standard InChI is InChI=1S/C21H22N4O3/c1-14(2)21(27)23-17-10-8-16(9-11-17)22-18(26)12-13-19-24-20(25-28-19)15-6-4-3-5-7-15/h3-11,14H,12-13H2,1-2H3,(H,22,26)(H,23,27). The predicted molar refractivity (Wildman–Crippen MR) is 107 cm³/mol. The molecule has 0 saturated carbocycles. The maximum atomic E-state index is 12.1. The van der Waals surface area contributed by atoms with E-state index in [4.69, 9.17) is 4.52 Å². The highest BCUT2D eigenvalue weighted by Crippen LogP contribution is 2.17. The average Bonchev–Trinajstić information content (AvgIpc) is 3.17. The highest BCUT2D eigenvalue weighted by atomic mass is 16.5. The van der Waals surface area contributed by atoms with Gasteiger partial charge in [0.2, 0.25) is 23.5 Å². The van der Waals surface area contributed by atoms with Gasteiger partial charge in [-0.2, -0.15) is 4.98 Å². The SMILES string of the molecule is CC(C)C(=O)Nc1ccc(NC(=O)CCc2nc(-c3ccccc3)no2)cc1. The summed E-state index contributed by atoms with van der Waals surface area (Å²) in [4.78, 5) is 28.1. The van der Waals surface area contributed by atoms with Crippen LogP contribution in [0, 0.1) is 5.92 Å². The quantitative estimate of drug-likeness (QED) is 0.650. The number of hydrogen-bond donors (Lipinski definition) is 2. The van der Waals surface area contributed by atoms with Crippen LogP contribution in [0.5, 0.6) is 0 Å². The number of aromatic nitrogens is 2. The Labute approximate surface area is 163 Å². The van der Waals surface area contributed by atoms with Crippen molar-refractivity contribution in [3.05, 3.63) is 60.5 Å². The van der Waals surface area contributed by atoms with Gasteiger partial charge in [0.15, 0.2) is 0 Å². The molecule has 1 heterocycles. The molecule has 28 heavy (non-hydrogen) atoms. The molecule has 144 valence electrons. The molecule has 2 amide bonds. The van der Waals surface area contributed by atoms with E-state index >= 15 is 0 Å². The van der Waals surface area contributed by atoms with E-state index in [-0.39, 0.29) is 24.2 Å². The van der Waals surface area contributed by atoms with Crippen molar-refractivity contribution >= 4 is 23.2 Å². The minimum atomic E-state index is -0.154. The van der Waals surface area contributed by atoms with Crippen molar-refractivity contribution in [1.82, 2.24) is 10.1 Å². The van der Waals surface area contributed by atoms with E-state index in [1.165, 1.54) is 0 Å². The van der Waals surface area contributed by atoms with Crippen LogP contribution in [0.15, 0.2) is 59.1 Å². The second-order valence-corrected chi connectivity index (χ2v) is 6.65. The Bertz CT molecular complexity index is 934. The maximum Gasteiger partial charge on any atom is 0.227 e. The van der Waals surface area contributed by atoms with Crippen LogP contribution in [0.1, 0.15) is 26.2 Å². The first-order valence-corrected chi connectivity index (χ1v) is 9.10. The lowest BCUT2D eigenvalue weighted by Crippen LogP contribution is -2.17. The van der Waals surface area contributed by atoms with E-state index < -0.39 is 0 Å². The maximum absolute atomic E-state index is 12.1. The third kappa shape index (κ3) is 5.26. The number of carbonyl (C=O) groups excluding carboxylic acids is 2. The van der Waals surface area contributed by atoms with Gasteiger partial charge in [0.25, 0.3) is 0 Å². The molecule has 2 N–H and O–H groups in total. The molecular formula is C21H22N4O3. The number of nitrogens with zero attached hydrogens (tertiary/aromatic N) is 2. The number of nitrogens with one attached hydrogen (secondary N) is 2. The summed E-state index contributed by atoms with van der Waals surface area (Å²) in [5, 5.41) is 9.56. The van der Waals surface area contributed by atoms with Gasteiger partial charge in [-0.1, -0.05) is 49.3 Å². The lowest BCUT2D eigenvalue weighted by molar-refractivity contribution is -0.119. The zero-order valence-corrected chi connectivity index (χ0v) is 15.8. The summed E-state index contributed by atoms with van der Waals surface area (Å²) in [6.07, 6.45) is 0.580. The highest BCUT2D eigenvalue weighted by Gasteiger charge is 2.11. The molecule has 7 heteroatoms. The van der Waals surface area contributed by atoms with Gasteiger partial charge in [0.05, 0.1) is 0 Å². The number of aryl methyl sites for hydroxylation is 1. The Morgan fingerprint density at radius 1 is 0.964 bits per heavy atom. The Morgan fingerprint density at radius 2 is 1.61 bits per heavy atom. The Balaban J connectivity index is 1.49. The summed E-state index contributed by atoms with van der Waals surface area (Å²) >= 11 is 0. The number of anilines is 2. The first-order valence-electron chi connectivity index (χ1n) is 9.10. The summed E-state index contributed by atoms with van der Waals surface area (Å²) in [7, 11) is 0. The van der Waals surface area contributed by atoms with Gasteiger partial charge in [-0.25, -0.2) is 0 Å². The van der Waals surface area contributed by atoms with Crippen LogP contribution in [0.4, 0.5) is 11.4 Å². The smallest absolute Gasteiger partial charge is 0.227 e. The van der Waals surface area contributed by atoms with E-state index in [0.29, 0.717) is 29.5 Å². The number of hydrogen-bond acceptors (Lipinski definition) is 5. The molecule has 2 aromatic carbocycles. The Kier molecular flexibility index (Phi) is 6.16. The highest BCUT2D eigenvalue weighted by molar-refractivity contribution is 5.93. The van der Waals surface area contributed by atoms with Gasteiger partial charge in [-0.05, 0) is 24.3 Å². The average molecular weight is 378 g/mol. The minimum Gasteiger partial charge on any atom is -0.339 e. The first kappa shape index (κ1) is 19.3. The Hall–Kier alpha value is -3.48. The molecule has 0 aliphatic heterocycles. The fourth-order valence-corrected chi connectivity index (χ4v) is 2.43. The summed E-state index contributed by atoms with van der Waals surface area (Å²) in [6.45, 7) is 3.66. The second kappa shape index (κ2) is 8.94. The van der Waals surface area contributed by atoms with Crippen LogP contribution in [0.3, 0.4) is 0 Å². The topological polar surface area (TPSA) is 97.1 Å². The molecule has 0 saturated heterocycles. The second-order valence-electron chi connectivity index (χ2n) is 6.65. The fourth-order valence-electron chi connectivity index (χ4n) is 2.43. The summed E-state index contributed by atoms with van der Waals surface area (Å²) in [6, 6.07) is 16.5. The van der Waals surface area contributed by atoms with Crippen molar-refractivity contribution in [2.75, 3.05) is 10.6 Å².